The first-order chi connectivity index (χ1) is 8.24. The number of para-hydroxylation sites is 2. The number of nitrogens with two attached hydrogens (primary N) is 1. The van der Waals surface area contributed by atoms with E-state index >= 15 is 0 Å². The number of fused-ring (bicyclic) bond motifs is 1. The lowest BCUT2D eigenvalue weighted by molar-refractivity contribution is 0.620. The third-order valence-electron chi connectivity index (χ3n) is 2.58. The van der Waals surface area contributed by atoms with Gasteiger partial charge in [-0.3, -0.25) is 0 Å². The van der Waals surface area contributed by atoms with Crippen molar-refractivity contribution in [1.82, 2.24) is 9.97 Å². The molecule has 0 amide bonds. The zero-order valence-corrected chi connectivity index (χ0v) is 9.34. The van der Waals surface area contributed by atoms with Crippen molar-refractivity contribution in [2.75, 3.05) is 5.73 Å². The minimum absolute atomic E-state index is 0.433. The molecule has 84 valence electrons. The lowest BCUT2D eigenvalue weighted by atomic mass is 10.2. The van der Waals surface area contributed by atoms with Gasteiger partial charge >= 0.3 is 0 Å². The molecule has 0 aliphatic heterocycles. The third-order valence-corrected chi connectivity index (χ3v) is 2.58. The predicted molar refractivity (Wildman–Crippen MR) is 66.4 cm³/mol. The SMILES string of the molecule is Cc1cnc(N)c(-c2nc3ccccc3o2)c1. The Labute approximate surface area is 98.1 Å². The van der Waals surface area contributed by atoms with E-state index in [9.17, 15) is 0 Å². The van der Waals surface area contributed by atoms with Gasteiger partial charge in [0.1, 0.15) is 11.3 Å². The van der Waals surface area contributed by atoms with Crippen LogP contribution in [0.15, 0.2) is 40.9 Å². The molecule has 0 saturated heterocycles. The van der Waals surface area contributed by atoms with Gasteiger partial charge in [0.2, 0.25) is 5.89 Å². The summed E-state index contributed by atoms with van der Waals surface area (Å²) in [4.78, 5) is 8.50. The quantitative estimate of drug-likeness (QED) is 0.691. The molecule has 0 bridgehead atoms. The highest BCUT2D eigenvalue weighted by atomic mass is 16.3. The van der Waals surface area contributed by atoms with E-state index in [1.165, 1.54) is 0 Å². The predicted octanol–water partition coefficient (Wildman–Crippen LogP) is 2.78. The van der Waals surface area contributed by atoms with Crippen LogP contribution in [0.25, 0.3) is 22.6 Å². The molecule has 2 heterocycles. The number of oxazole rings is 1. The van der Waals surface area contributed by atoms with Crippen molar-refractivity contribution in [1.29, 1.82) is 0 Å². The van der Waals surface area contributed by atoms with Gasteiger partial charge in [0.15, 0.2) is 5.58 Å². The van der Waals surface area contributed by atoms with Crippen LogP contribution in [0.2, 0.25) is 0 Å². The van der Waals surface area contributed by atoms with Gasteiger partial charge in [-0.05, 0) is 30.7 Å². The first kappa shape index (κ1) is 9.84. The van der Waals surface area contributed by atoms with E-state index in [2.05, 4.69) is 9.97 Å². The van der Waals surface area contributed by atoms with E-state index in [1.54, 1.807) is 6.20 Å². The Hall–Kier alpha value is -2.36. The van der Waals surface area contributed by atoms with Gasteiger partial charge in [-0.1, -0.05) is 12.1 Å². The standard InChI is InChI=1S/C13H11N3O/c1-8-6-9(12(14)15-7-8)13-16-10-4-2-3-5-11(10)17-13/h2-7H,1H3,(H2,14,15). The third kappa shape index (κ3) is 1.63. The number of anilines is 1. The Kier molecular flexibility index (Phi) is 2.08. The summed E-state index contributed by atoms with van der Waals surface area (Å²) in [5.74, 6) is 0.946. The van der Waals surface area contributed by atoms with Crippen LogP contribution in [-0.2, 0) is 0 Å². The van der Waals surface area contributed by atoms with E-state index in [1.807, 2.05) is 37.3 Å². The lowest BCUT2D eigenvalue weighted by Crippen LogP contribution is -1.94. The minimum atomic E-state index is 0.433. The summed E-state index contributed by atoms with van der Waals surface area (Å²) in [6.07, 6.45) is 1.72. The molecule has 0 unspecified atom stereocenters. The van der Waals surface area contributed by atoms with Crippen molar-refractivity contribution in [3.8, 4) is 11.5 Å². The van der Waals surface area contributed by atoms with Gasteiger partial charge in [0, 0.05) is 6.20 Å². The number of rotatable bonds is 1. The van der Waals surface area contributed by atoms with Crippen LogP contribution >= 0.6 is 0 Å². The highest BCUT2D eigenvalue weighted by Crippen LogP contribution is 2.27. The molecule has 0 spiro atoms. The van der Waals surface area contributed by atoms with Crippen molar-refractivity contribution < 1.29 is 4.42 Å². The summed E-state index contributed by atoms with van der Waals surface area (Å²) in [6.45, 7) is 1.96. The molecule has 0 atom stereocenters. The molecule has 4 heteroatoms. The Morgan fingerprint density at radius 1 is 1.24 bits per heavy atom. The van der Waals surface area contributed by atoms with Gasteiger partial charge in [0.05, 0.1) is 5.56 Å². The molecule has 0 aliphatic rings. The summed E-state index contributed by atoms with van der Waals surface area (Å²) in [5.41, 5.74) is 9.17. The lowest BCUT2D eigenvalue weighted by Gasteiger charge is -2.00. The van der Waals surface area contributed by atoms with Crippen LogP contribution in [0.4, 0.5) is 5.82 Å². The number of aryl methyl sites for hydroxylation is 1. The molecule has 3 rings (SSSR count). The average Bonchev–Trinajstić information content (AvgIpc) is 2.75. The Morgan fingerprint density at radius 3 is 2.88 bits per heavy atom. The Balaban J connectivity index is 2.23. The van der Waals surface area contributed by atoms with Gasteiger partial charge in [-0.25, -0.2) is 9.97 Å². The molecule has 0 fully saturated rings. The zero-order valence-electron chi connectivity index (χ0n) is 9.34. The number of nitrogens with zero attached hydrogens (tertiary/aromatic N) is 2. The molecule has 3 aromatic rings. The second-order valence-electron chi connectivity index (χ2n) is 3.93. The molecular formula is C13H11N3O. The van der Waals surface area contributed by atoms with Gasteiger partial charge in [0.25, 0.3) is 0 Å². The second kappa shape index (κ2) is 3.59. The number of hydrogen-bond acceptors (Lipinski definition) is 4. The van der Waals surface area contributed by atoms with E-state index in [4.69, 9.17) is 10.2 Å². The number of pyridine rings is 1. The number of hydrogen-bond donors (Lipinski definition) is 1. The molecule has 2 N–H and O–H groups in total. The smallest absolute Gasteiger partial charge is 0.231 e. The topological polar surface area (TPSA) is 64.9 Å². The van der Waals surface area contributed by atoms with E-state index in [0.29, 0.717) is 11.7 Å². The van der Waals surface area contributed by atoms with Crippen LogP contribution < -0.4 is 5.73 Å². The maximum atomic E-state index is 5.83. The fourth-order valence-corrected chi connectivity index (χ4v) is 1.74. The average molecular weight is 225 g/mol. The Bertz CT molecular complexity index is 655. The van der Waals surface area contributed by atoms with Crippen molar-refractivity contribution >= 4 is 16.9 Å². The number of benzene rings is 1. The zero-order chi connectivity index (χ0) is 11.8. The number of aromatic nitrogens is 2. The number of nitrogen functional groups attached to an aromatic ring is 1. The molecule has 0 saturated carbocycles. The minimum Gasteiger partial charge on any atom is -0.436 e. The van der Waals surface area contributed by atoms with Crippen molar-refractivity contribution in [3.63, 3.8) is 0 Å². The maximum Gasteiger partial charge on any atom is 0.231 e. The fraction of sp³-hybridized carbons (Fsp3) is 0.0769. The molecule has 17 heavy (non-hydrogen) atoms. The summed E-state index contributed by atoms with van der Waals surface area (Å²) < 4.78 is 5.66. The van der Waals surface area contributed by atoms with Gasteiger partial charge in [-0.2, -0.15) is 0 Å². The summed E-state index contributed by atoms with van der Waals surface area (Å²) >= 11 is 0. The molecule has 0 aliphatic carbocycles. The van der Waals surface area contributed by atoms with Crippen LogP contribution in [0.1, 0.15) is 5.56 Å². The second-order valence-corrected chi connectivity index (χ2v) is 3.93. The van der Waals surface area contributed by atoms with Crippen molar-refractivity contribution in [3.05, 3.63) is 42.1 Å². The molecular weight excluding hydrogens is 214 g/mol. The summed E-state index contributed by atoms with van der Waals surface area (Å²) in [5, 5.41) is 0. The van der Waals surface area contributed by atoms with Crippen molar-refractivity contribution in [2.45, 2.75) is 6.92 Å². The first-order valence-corrected chi connectivity index (χ1v) is 5.32. The highest BCUT2D eigenvalue weighted by Gasteiger charge is 2.11. The van der Waals surface area contributed by atoms with Crippen LogP contribution in [0.3, 0.4) is 0 Å². The molecule has 2 aromatic heterocycles. The largest absolute Gasteiger partial charge is 0.436 e. The first-order valence-electron chi connectivity index (χ1n) is 5.32. The van der Waals surface area contributed by atoms with E-state index in [0.717, 1.165) is 22.2 Å². The van der Waals surface area contributed by atoms with Gasteiger partial charge in [-0.15, -0.1) is 0 Å². The summed E-state index contributed by atoms with van der Waals surface area (Å²) in [7, 11) is 0. The van der Waals surface area contributed by atoms with Crippen LogP contribution in [-0.4, -0.2) is 9.97 Å². The molecule has 4 nitrogen and oxygen atoms in total. The normalized spacial score (nSPS) is 10.9. The van der Waals surface area contributed by atoms with Crippen LogP contribution in [0, 0.1) is 6.92 Å². The molecule has 1 aromatic carbocycles. The monoisotopic (exact) mass is 225 g/mol. The van der Waals surface area contributed by atoms with E-state index < -0.39 is 0 Å². The van der Waals surface area contributed by atoms with E-state index in [-0.39, 0.29) is 0 Å². The Morgan fingerprint density at radius 2 is 2.06 bits per heavy atom. The van der Waals surface area contributed by atoms with Crippen molar-refractivity contribution in [2.24, 2.45) is 0 Å². The fourth-order valence-electron chi connectivity index (χ4n) is 1.74. The van der Waals surface area contributed by atoms with Gasteiger partial charge < -0.3 is 10.2 Å². The van der Waals surface area contributed by atoms with Crippen LogP contribution in [0.5, 0.6) is 0 Å². The highest BCUT2D eigenvalue weighted by molar-refractivity contribution is 5.78. The summed E-state index contributed by atoms with van der Waals surface area (Å²) in [6, 6.07) is 9.54. The maximum absolute atomic E-state index is 5.83. The molecule has 0 radical (unpaired) electrons.